The number of aromatic nitrogens is 2. The van der Waals surface area contributed by atoms with Crippen molar-refractivity contribution in [3.05, 3.63) is 100 Å². The van der Waals surface area contributed by atoms with Gasteiger partial charge in [-0.25, -0.2) is 9.97 Å². The largest absolute Gasteiger partial charge is 0.373 e. The van der Waals surface area contributed by atoms with E-state index in [1.807, 2.05) is 29.8 Å². The van der Waals surface area contributed by atoms with Crippen molar-refractivity contribution in [2.45, 2.75) is 85.6 Å². The third-order valence-electron chi connectivity index (χ3n) is 5.95. The van der Waals surface area contributed by atoms with Gasteiger partial charge in [0.25, 0.3) is 0 Å². The van der Waals surface area contributed by atoms with Gasteiger partial charge < -0.3 is 5.73 Å². The first kappa shape index (κ1) is 38.7. The van der Waals surface area contributed by atoms with Gasteiger partial charge in [0, 0.05) is 50.5 Å². The van der Waals surface area contributed by atoms with Crippen molar-refractivity contribution in [3.8, 4) is 0 Å². The first-order valence-electron chi connectivity index (χ1n) is 13.6. The molecule has 43 heavy (non-hydrogen) atoms. The van der Waals surface area contributed by atoms with E-state index >= 15 is 0 Å². The number of rotatable bonds is 5. The molecule has 0 unspecified atom stereocenters. The lowest BCUT2D eigenvalue weighted by Gasteiger charge is -2.13. The molecule has 0 amide bonds. The predicted octanol–water partition coefficient (Wildman–Crippen LogP) is 9.40. The van der Waals surface area contributed by atoms with Crippen molar-refractivity contribution >= 4 is 66.5 Å². The summed E-state index contributed by atoms with van der Waals surface area (Å²) in [5.41, 5.74) is 10.6. The van der Waals surface area contributed by atoms with Crippen LogP contribution in [-0.4, -0.2) is 21.9 Å². The quantitative estimate of drug-likeness (QED) is 0.204. The minimum atomic E-state index is 0.00545. The van der Waals surface area contributed by atoms with Gasteiger partial charge in [-0.05, 0) is 66.8 Å². The highest BCUT2D eigenvalue weighted by Gasteiger charge is 2.20. The highest BCUT2D eigenvalue weighted by molar-refractivity contribution is 9.10. The molecule has 2 aromatic heterocycles. The first-order valence-corrected chi connectivity index (χ1v) is 16.9. The van der Waals surface area contributed by atoms with Gasteiger partial charge >= 0.3 is 6.15 Å². The van der Waals surface area contributed by atoms with Gasteiger partial charge in [0.1, 0.15) is 0 Å². The maximum atomic E-state index is 12.3. The average Bonchev–Trinajstić information content (AvgIpc) is 3.62. The summed E-state index contributed by atoms with van der Waals surface area (Å²) < 4.78 is 2.19. The molecule has 0 atom stereocenters. The number of nitrogens with two attached hydrogens (primary N) is 1. The Hall–Kier alpha value is -2.33. The van der Waals surface area contributed by atoms with Gasteiger partial charge in [-0.1, -0.05) is 85.5 Å². The Morgan fingerprint density at radius 2 is 1.37 bits per heavy atom. The number of hydrogen-bond donors (Lipinski definition) is 1. The summed E-state index contributed by atoms with van der Waals surface area (Å²) >= 11 is 10.1. The lowest BCUT2D eigenvalue weighted by Crippen LogP contribution is -2.09. The Kier molecular flexibility index (Phi) is 16.6. The average molecular weight is 752 g/mol. The zero-order chi connectivity index (χ0) is 32.8. The number of hydrogen-bond acceptors (Lipinski definition) is 8. The molecule has 6 nitrogen and oxygen atoms in total. The Bertz CT molecular complexity index is 1470. The number of aryl methyl sites for hydroxylation is 3. The van der Waals surface area contributed by atoms with E-state index in [9.17, 15) is 4.79 Å². The normalized spacial score (nSPS) is 10.7. The summed E-state index contributed by atoms with van der Waals surface area (Å²) in [5, 5.41) is 4.24. The SMILES string of the molecule is CC(C)(C)c1nccs1.Cc1cc(Br)ccc1CCC(=O)c1cnc(C(C)(C)C)s1.Cc1cc(Br)ccc1CN.O=C=O. The molecule has 0 saturated carbocycles. The molecule has 2 N–H and O–H groups in total. The number of carbonyl (C=O) groups is 1. The van der Waals surface area contributed by atoms with Crippen LogP contribution < -0.4 is 5.73 Å². The third-order valence-corrected chi connectivity index (χ3v) is 9.60. The minimum Gasteiger partial charge on any atom is -0.326 e. The van der Waals surface area contributed by atoms with Crippen LogP contribution in [0, 0.1) is 13.8 Å². The number of carbonyl (C=O) groups excluding carboxylic acids is 3. The molecule has 0 aliphatic heterocycles. The second kappa shape index (κ2) is 18.5. The monoisotopic (exact) mass is 749 g/mol. The van der Waals surface area contributed by atoms with Gasteiger partial charge in [0.05, 0.1) is 14.9 Å². The topological polar surface area (TPSA) is 103 Å². The summed E-state index contributed by atoms with van der Waals surface area (Å²) in [6.07, 6.45) is 5.14. The molecule has 0 spiro atoms. The fourth-order valence-corrected chi connectivity index (χ4v) is 6.16. The summed E-state index contributed by atoms with van der Waals surface area (Å²) in [7, 11) is 0. The molecule has 0 aliphatic carbocycles. The molecule has 2 heterocycles. The fourth-order valence-electron chi connectivity index (χ4n) is 3.54. The highest BCUT2D eigenvalue weighted by atomic mass is 79.9. The van der Waals surface area contributed by atoms with Crippen LogP contribution in [-0.2, 0) is 33.4 Å². The molecular formula is C33H41Br2N3O3S2. The number of ketones is 1. The molecule has 232 valence electrons. The zero-order valence-electron chi connectivity index (χ0n) is 26.1. The minimum absolute atomic E-state index is 0.00545. The zero-order valence-corrected chi connectivity index (χ0v) is 30.9. The maximum Gasteiger partial charge on any atom is 0.373 e. The number of benzene rings is 2. The van der Waals surface area contributed by atoms with Gasteiger partial charge in [-0.15, -0.1) is 22.7 Å². The van der Waals surface area contributed by atoms with Crippen LogP contribution in [0.3, 0.4) is 0 Å². The molecule has 0 aliphatic rings. The van der Waals surface area contributed by atoms with E-state index in [1.54, 1.807) is 17.5 Å². The van der Waals surface area contributed by atoms with E-state index in [1.165, 1.54) is 38.6 Å². The fraction of sp³-hybridized carbons (Fsp3) is 0.394. The first-order chi connectivity index (χ1) is 20.0. The Balaban J connectivity index is 0.000000348. The van der Waals surface area contributed by atoms with E-state index in [4.69, 9.17) is 15.3 Å². The smallest absolute Gasteiger partial charge is 0.326 e. The van der Waals surface area contributed by atoms with E-state index in [0.717, 1.165) is 25.3 Å². The number of halogens is 2. The second-order valence-electron chi connectivity index (χ2n) is 11.7. The van der Waals surface area contributed by atoms with Crippen molar-refractivity contribution in [3.63, 3.8) is 0 Å². The summed E-state index contributed by atoms with van der Waals surface area (Å²) in [4.78, 5) is 37.9. The van der Waals surface area contributed by atoms with Crippen LogP contribution in [0.2, 0.25) is 0 Å². The highest BCUT2D eigenvalue weighted by Crippen LogP contribution is 2.28. The molecule has 0 radical (unpaired) electrons. The van der Waals surface area contributed by atoms with Crippen molar-refractivity contribution in [2.75, 3.05) is 0 Å². The maximum absolute atomic E-state index is 12.3. The van der Waals surface area contributed by atoms with Gasteiger partial charge in [-0.2, -0.15) is 9.59 Å². The molecule has 4 aromatic rings. The Labute approximate surface area is 280 Å². The summed E-state index contributed by atoms with van der Waals surface area (Å²) in [5.74, 6) is 0.185. The predicted molar refractivity (Wildman–Crippen MR) is 185 cm³/mol. The lowest BCUT2D eigenvalue weighted by molar-refractivity contribution is -0.191. The van der Waals surface area contributed by atoms with Crippen LogP contribution in [0.5, 0.6) is 0 Å². The van der Waals surface area contributed by atoms with Gasteiger partial charge in [-0.3, -0.25) is 4.79 Å². The molecule has 0 fully saturated rings. The molecule has 4 rings (SSSR count). The Morgan fingerprint density at radius 3 is 1.74 bits per heavy atom. The molecular weight excluding hydrogens is 710 g/mol. The van der Waals surface area contributed by atoms with Crippen molar-refractivity contribution in [1.29, 1.82) is 0 Å². The standard InChI is InChI=1S/C17H20BrNOS.C8H10BrN.C7H11NS.CO2/c1-11-9-13(18)7-5-12(11)6-8-14(20)15-10-19-16(21-15)17(2,3)4;1-6-4-8(9)3-2-7(6)5-10;1-7(2,3)6-8-4-5-9-6;2-1-3/h5,7,9-10H,6,8H2,1-4H3;2-4H,5,10H2,1H3;4-5H,1-3H3;. The van der Waals surface area contributed by atoms with Crippen molar-refractivity contribution in [2.24, 2.45) is 5.73 Å². The summed E-state index contributed by atoms with van der Waals surface area (Å²) in [6.45, 7) is 17.6. The number of Topliss-reactive ketones (excluding diaryl/α,β-unsaturated/α-hetero) is 1. The van der Waals surface area contributed by atoms with Crippen LogP contribution in [0.25, 0.3) is 0 Å². The van der Waals surface area contributed by atoms with E-state index in [2.05, 4.69) is 115 Å². The number of thiazole rings is 2. The lowest BCUT2D eigenvalue weighted by atomic mass is 9.98. The third kappa shape index (κ3) is 14.3. The van der Waals surface area contributed by atoms with Crippen molar-refractivity contribution < 1.29 is 14.4 Å². The van der Waals surface area contributed by atoms with Gasteiger partial charge in [0.2, 0.25) is 0 Å². The Morgan fingerprint density at radius 1 is 0.860 bits per heavy atom. The van der Waals surface area contributed by atoms with Crippen LogP contribution >= 0.6 is 54.5 Å². The van der Waals surface area contributed by atoms with E-state index in [0.29, 0.717) is 13.0 Å². The molecule has 0 saturated heterocycles. The number of nitrogens with zero attached hydrogens (tertiary/aromatic N) is 2. The van der Waals surface area contributed by atoms with Crippen LogP contribution in [0.4, 0.5) is 0 Å². The second-order valence-corrected chi connectivity index (χ2v) is 15.5. The van der Waals surface area contributed by atoms with Crippen molar-refractivity contribution in [1.82, 2.24) is 9.97 Å². The van der Waals surface area contributed by atoms with E-state index < -0.39 is 0 Å². The summed E-state index contributed by atoms with van der Waals surface area (Å²) in [6, 6.07) is 12.3. The van der Waals surface area contributed by atoms with E-state index in [-0.39, 0.29) is 22.8 Å². The van der Waals surface area contributed by atoms with Crippen LogP contribution in [0.1, 0.15) is 89.9 Å². The van der Waals surface area contributed by atoms with Gasteiger partial charge in [0.15, 0.2) is 5.78 Å². The molecule has 10 heteroatoms. The molecule has 2 aromatic carbocycles. The molecule has 0 bridgehead atoms. The van der Waals surface area contributed by atoms with Crippen LogP contribution in [0.15, 0.2) is 63.1 Å².